The summed E-state index contributed by atoms with van der Waals surface area (Å²) in [7, 11) is 35.6. The van der Waals surface area contributed by atoms with Crippen molar-refractivity contribution >= 4 is 5.97 Å². The summed E-state index contributed by atoms with van der Waals surface area (Å²) in [5, 5.41) is 18.3. The van der Waals surface area contributed by atoms with Crippen LogP contribution in [0.25, 0.3) is 0 Å². The zero-order valence-corrected chi connectivity index (χ0v) is 65.8. The van der Waals surface area contributed by atoms with Crippen molar-refractivity contribution in [1.82, 2.24) is 78.4 Å². The number of ether oxygens (including phenoxy) is 1. The third-order valence-electron chi connectivity index (χ3n) is 20.6. The average molecular weight is 1370 g/mol. The van der Waals surface area contributed by atoms with Crippen molar-refractivity contribution < 1.29 is 24.1 Å². The number of β-amino-alcohol motifs (C(OH)–C–C–N with tert-alkyl or cyclic N) is 1. The van der Waals surface area contributed by atoms with E-state index in [-0.39, 0.29) is 18.0 Å². The first-order valence-electron chi connectivity index (χ1n) is 37.2. The van der Waals surface area contributed by atoms with E-state index in [0.717, 1.165) is 116 Å². The molecule has 0 spiro atoms. The number of rotatable bonds is 6. The van der Waals surface area contributed by atoms with Crippen LogP contribution in [0.2, 0.25) is 0 Å². The Morgan fingerprint density at radius 2 is 0.804 bits per heavy atom. The van der Waals surface area contributed by atoms with Crippen molar-refractivity contribution in [2.45, 2.75) is 76.9 Å². The van der Waals surface area contributed by atoms with Gasteiger partial charge in [-0.25, -0.2) is 4.39 Å². The van der Waals surface area contributed by atoms with E-state index in [1.165, 1.54) is 122 Å². The predicted octanol–water partition coefficient (Wildman–Crippen LogP) is 4.19. The molecule has 3 unspecified atom stereocenters. The number of benzene rings is 2. The predicted molar refractivity (Wildman–Crippen MR) is 407 cm³/mol. The van der Waals surface area contributed by atoms with Crippen LogP contribution in [0.1, 0.15) is 57.2 Å². The molecule has 8 aliphatic rings. The normalized spacial score (nSPS) is 25.7. The second kappa shape index (κ2) is 49.7. The standard InChI is InChI=1S/C14H22N2.C13H20N2.C10H22N2.C9H18N2O2.C8H18N2O.C8H18N2.C7H15FN2.C7H16N2O/c1-15-9-8-14(16(2)11-10-15)12-13-6-4-3-5-7-13;1-14-9-8-13(15(2)11-10-14)12-6-4-3-5-7-12;1-9(2)10-5-6-11(3)7-8-12(10)4;1-10-4-5-11(2)7-8(6-10)9(12)13-3;1-9-3-4-10(2)6-8(5-9)7-11;1-8-6-9(2)4-5-10(3)7-8;1-9-3-4-10(2)6-7(8)5-9;1-8-3-4-9(2)6-7(10)5-8/h3-7,14H,8-12H2,1-2H3;3-7,13H,8-11H2,1-2H3;9-10H,5-8H2,1-4H3;8H,4-7H2,1-3H3;8,11H,3-7H2,1-2H3;8H,4-7H2,1-3H3;7H,3-6H2,1-2H3;7,10H,3-6H2,1-2H3. The molecular formula is C76H149FN16O4. The van der Waals surface area contributed by atoms with Crippen molar-refractivity contribution in [3.63, 3.8) is 0 Å². The molecule has 0 amide bonds. The molecule has 97 heavy (non-hydrogen) atoms. The lowest BCUT2D eigenvalue weighted by molar-refractivity contribution is -0.146. The van der Waals surface area contributed by atoms with Crippen LogP contribution in [-0.4, -0.2) is 435 Å². The van der Waals surface area contributed by atoms with Gasteiger partial charge in [0.25, 0.3) is 0 Å². The SMILES string of the molecule is CC(C)C1CCN(C)CCN1C.CC1CN(C)CCN(C)C1.CN1CCC(Cc2ccccc2)N(C)CC1.CN1CCC(c2ccccc2)N(C)CC1.CN1CCN(C)CC(CO)C1.CN1CCN(C)CC(F)C1.CN1CCN(C)CC(O)C1.COC(=O)C1CN(C)CCN(C)C1. The quantitative estimate of drug-likeness (QED) is 0.403. The Hall–Kier alpha value is -2.88. The van der Waals surface area contributed by atoms with Gasteiger partial charge in [-0.15, -0.1) is 0 Å². The molecule has 0 aromatic heterocycles. The summed E-state index contributed by atoms with van der Waals surface area (Å²) in [6.07, 6.45) is 4.18. The van der Waals surface area contributed by atoms with Gasteiger partial charge in [-0.1, -0.05) is 81.4 Å². The summed E-state index contributed by atoms with van der Waals surface area (Å²) in [6.45, 7) is 37.9. The highest BCUT2D eigenvalue weighted by Crippen LogP contribution is 2.25. The minimum atomic E-state index is -0.669. The highest BCUT2D eigenvalue weighted by Gasteiger charge is 2.27. The van der Waals surface area contributed by atoms with E-state index in [0.29, 0.717) is 37.7 Å². The van der Waals surface area contributed by atoms with E-state index in [4.69, 9.17) is 9.84 Å². The van der Waals surface area contributed by atoms with Crippen LogP contribution in [-0.2, 0) is 16.0 Å². The summed E-state index contributed by atoms with van der Waals surface area (Å²) in [5.74, 6) is 1.97. The molecule has 2 N–H and O–H groups in total. The van der Waals surface area contributed by atoms with Crippen LogP contribution in [0.4, 0.5) is 4.39 Å². The maximum atomic E-state index is 12.9. The molecule has 21 heteroatoms. The lowest BCUT2D eigenvalue weighted by Gasteiger charge is -2.28. The van der Waals surface area contributed by atoms with E-state index < -0.39 is 6.17 Å². The summed E-state index contributed by atoms with van der Waals surface area (Å²) in [6, 6.07) is 23.8. The van der Waals surface area contributed by atoms with Gasteiger partial charge in [0, 0.05) is 201 Å². The monoisotopic (exact) mass is 1370 g/mol. The van der Waals surface area contributed by atoms with Crippen molar-refractivity contribution in [2.75, 3.05) is 316 Å². The molecule has 564 valence electrons. The maximum absolute atomic E-state index is 12.9. The second-order valence-electron chi connectivity index (χ2n) is 31.0. The number of halogens is 1. The zero-order valence-electron chi connectivity index (χ0n) is 65.8. The number of methoxy groups -OCH3 is 1. The summed E-state index contributed by atoms with van der Waals surface area (Å²) >= 11 is 0. The minimum absolute atomic E-state index is 0.00231. The molecule has 3 atom stereocenters. The minimum Gasteiger partial charge on any atom is -0.469 e. The van der Waals surface area contributed by atoms with Crippen LogP contribution >= 0.6 is 0 Å². The first-order valence-corrected chi connectivity index (χ1v) is 37.2. The molecular weight excluding hydrogens is 1220 g/mol. The van der Waals surface area contributed by atoms with Gasteiger partial charge in [0.05, 0.1) is 19.1 Å². The maximum Gasteiger partial charge on any atom is 0.311 e. The first kappa shape index (κ1) is 88.3. The number of likely N-dealkylation sites (N-methyl/N-ethyl adjacent to an activating group) is 16. The van der Waals surface area contributed by atoms with Crippen LogP contribution < -0.4 is 0 Å². The fourth-order valence-corrected chi connectivity index (χ4v) is 14.1. The third-order valence-corrected chi connectivity index (χ3v) is 20.6. The van der Waals surface area contributed by atoms with Crippen molar-refractivity contribution in [2.24, 2.45) is 23.7 Å². The van der Waals surface area contributed by atoms with Gasteiger partial charge in [-0.3, -0.25) is 9.69 Å². The molecule has 10 rings (SSSR count). The van der Waals surface area contributed by atoms with Gasteiger partial charge in [0.15, 0.2) is 0 Å². The number of nitrogens with zero attached hydrogens (tertiary/aromatic N) is 16. The molecule has 2 aromatic rings. The number of hydrogen-bond donors (Lipinski definition) is 2. The Balaban J connectivity index is 0.000000290. The summed E-state index contributed by atoms with van der Waals surface area (Å²) < 4.78 is 17.6. The van der Waals surface area contributed by atoms with Gasteiger partial charge >= 0.3 is 5.97 Å². The summed E-state index contributed by atoms with van der Waals surface area (Å²) in [5.41, 5.74) is 2.92. The van der Waals surface area contributed by atoms with Crippen LogP contribution in [0.3, 0.4) is 0 Å². The van der Waals surface area contributed by atoms with Gasteiger partial charge in [-0.2, -0.15) is 0 Å². The zero-order chi connectivity index (χ0) is 72.0. The number of carbonyl (C=O) groups is 1. The number of hydrogen-bond acceptors (Lipinski definition) is 20. The van der Waals surface area contributed by atoms with Gasteiger partial charge in [-0.05, 0) is 181 Å². The topological polar surface area (TPSA) is 119 Å². The van der Waals surface area contributed by atoms with Gasteiger partial charge < -0.3 is 88.4 Å². The van der Waals surface area contributed by atoms with E-state index in [1.807, 2.05) is 52.1 Å². The van der Waals surface area contributed by atoms with Crippen molar-refractivity contribution in [1.29, 1.82) is 0 Å². The van der Waals surface area contributed by atoms with Crippen molar-refractivity contribution in [3.05, 3.63) is 71.8 Å². The van der Waals surface area contributed by atoms with E-state index in [2.05, 4.69) is 221 Å². The third kappa shape index (κ3) is 39.4. The molecule has 20 nitrogen and oxygen atoms in total. The Labute approximate surface area is 594 Å². The lowest BCUT2D eigenvalue weighted by Crippen LogP contribution is -2.36. The molecule has 8 heterocycles. The fraction of sp³-hybridized carbons (Fsp3) is 0.829. The smallest absolute Gasteiger partial charge is 0.311 e. The second-order valence-corrected chi connectivity index (χ2v) is 31.0. The highest BCUT2D eigenvalue weighted by atomic mass is 19.1. The molecule has 0 bridgehead atoms. The number of esters is 1. The highest BCUT2D eigenvalue weighted by molar-refractivity contribution is 5.72. The Morgan fingerprint density at radius 1 is 0.443 bits per heavy atom. The van der Waals surface area contributed by atoms with Crippen LogP contribution in [0, 0.1) is 23.7 Å². The average Bonchev–Trinajstić information content (AvgIpc) is 2.07. The fourth-order valence-electron chi connectivity index (χ4n) is 14.1. The van der Waals surface area contributed by atoms with E-state index >= 15 is 0 Å². The van der Waals surface area contributed by atoms with Crippen LogP contribution in [0.15, 0.2) is 60.7 Å². The molecule has 8 fully saturated rings. The number of alkyl halides is 1. The molecule has 0 radical (unpaired) electrons. The largest absolute Gasteiger partial charge is 0.469 e. The Morgan fingerprint density at radius 3 is 1.24 bits per heavy atom. The molecule has 8 saturated heterocycles. The molecule has 8 aliphatic heterocycles. The van der Waals surface area contributed by atoms with Gasteiger partial charge in [0.1, 0.15) is 6.17 Å². The first-order chi connectivity index (χ1) is 46.0. The van der Waals surface area contributed by atoms with Crippen molar-refractivity contribution in [3.8, 4) is 0 Å². The number of aliphatic hydroxyl groups excluding tert-OH is 2. The number of carbonyl (C=O) groups excluding carboxylic acids is 1. The number of aliphatic hydroxyl groups is 2. The van der Waals surface area contributed by atoms with Crippen LogP contribution in [0.5, 0.6) is 0 Å². The van der Waals surface area contributed by atoms with Gasteiger partial charge in [0.2, 0.25) is 0 Å². The van der Waals surface area contributed by atoms with E-state index in [1.54, 1.807) is 0 Å². The molecule has 2 aromatic carbocycles. The molecule has 0 saturated carbocycles. The van der Waals surface area contributed by atoms with E-state index in [9.17, 15) is 14.3 Å². The summed E-state index contributed by atoms with van der Waals surface area (Å²) in [4.78, 5) is 48.2. The molecule has 0 aliphatic carbocycles. The Kier molecular flexibility index (Phi) is 45.2. The Bertz CT molecular complexity index is 2140. The lowest BCUT2D eigenvalue weighted by atomic mass is 10.00.